The second-order valence-electron chi connectivity index (χ2n) is 4.00. The molecule has 0 amide bonds. The van der Waals surface area contributed by atoms with Crippen molar-refractivity contribution in [1.82, 2.24) is 9.97 Å². The summed E-state index contributed by atoms with van der Waals surface area (Å²) in [5.74, 6) is -0.115. The van der Waals surface area contributed by atoms with Crippen LogP contribution in [0.15, 0.2) is 48.0 Å². The van der Waals surface area contributed by atoms with Crippen molar-refractivity contribution >= 4 is 17.1 Å². The van der Waals surface area contributed by atoms with Crippen LogP contribution in [-0.4, -0.2) is 20.9 Å². The molecule has 4 nitrogen and oxygen atoms in total. The van der Waals surface area contributed by atoms with Gasteiger partial charge in [-0.1, -0.05) is 12.1 Å². The molecule has 94 valence electrons. The van der Waals surface area contributed by atoms with E-state index in [1.54, 1.807) is 17.5 Å². The van der Waals surface area contributed by atoms with E-state index < -0.39 is 0 Å². The lowest BCUT2D eigenvalue weighted by Crippen LogP contribution is -2.01. The average Bonchev–Trinajstić information content (AvgIpc) is 3.08. The van der Waals surface area contributed by atoms with E-state index >= 15 is 0 Å². The summed E-state index contributed by atoms with van der Waals surface area (Å²) in [6.07, 6.45) is 1.81. The van der Waals surface area contributed by atoms with Crippen molar-refractivity contribution in [3.05, 3.63) is 59.2 Å². The lowest BCUT2D eigenvalue weighted by atomic mass is 10.1. The van der Waals surface area contributed by atoms with Crippen LogP contribution in [0.5, 0.6) is 5.75 Å². The van der Waals surface area contributed by atoms with Crippen LogP contribution in [0.1, 0.15) is 16.1 Å². The van der Waals surface area contributed by atoms with Crippen LogP contribution in [0, 0.1) is 0 Å². The van der Waals surface area contributed by atoms with Crippen LogP contribution in [-0.2, 0) is 0 Å². The Morgan fingerprint density at radius 2 is 2.16 bits per heavy atom. The molecule has 0 spiro atoms. The molecule has 0 unspecified atom stereocenters. The quantitative estimate of drug-likeness (QED) is 0.719. The smallest absolute Gasteiger partial charge is 0.212 e. The zero-order chi connectivity index (χ0) is 13.2. The lowest BCUT2D eigenvalue weighted by molar-refractivity contribution is 0.103. The minimum Gasteiger partial charge on any atom is -0.508 e. The molecule has 0 aliphatic heterocycles. The molecule has 3 rings (SSSR count). The molecule has 2 heterocycles. The van der Waals surface area contributed by atoms with Gasteiger partial charge in [0.05, 0.1) is 5.69 Å². The zero-order valence-electron chi connectivity index (χ0n) is 9.83. The van der Waals surface area contributed by atoms with Crippen molar-refractivity contribution in [2.45, 2.75) is 0 Å². The number of hydrogen-bond acceptors (Lipinski definition) is 4. The van der Waals surface area contributed by atoms with Gasteiger partial charge in [-0.3, -0.25) is 4.79 Å². The molecular weight excluding hydrogens is 260 g/mol. The molecule has 0 fully saturated rings. The van der Waals surface area contributed by atoms with Crippen LogP contribution >= 0.6 is 11.3 Å². The summed E-state index contributed by atoms with van der Waals surface area (Å²) in [4.78, 5) is 19.6. The molecule has 0 aliphatic carbocycles. The van der Waals surface area contributed by atoms with Crippen molar-refractivity contribution in [3.63, 3.8) is 0 Å². The van der Waals surface area contributed by atoms with Gasteiger partial charge in [0, 0.05) is 17.1 Å². The van der Waals surface area contributed by atoms with Gasteiger partial charge >= 0.3 is 0 Å². The number of benzene rings is 1. The van der Waals surface area contributed by atoms with Crippen molar-refractivity contribution in [2.75, 3.05) is 0 Å². The van der Waals surface area contributed by atoms with Gasteiger partial charge in [-0.2, -0.15) is 0 Å². The van der Waals surface area contributed by atoms with Gasteiger partial charge in [0.15, 0.2) is 0 Å². The first-order valence-electron chi connectivity index (χ1n) is 5.67. The maximum atomic E-state index is 12.2. The van der Waals surface area contributed by atoms with Gasteiger partial charge in [0.25, 0.3) is 0 Å². The number of nitrogens with zero attached hydrogens (tertiary/aromatic N) is 1. The number of hydrogen-bond donors (Lipinski definition) is 2. The highest BCUT2D eigenvalue weighted by atomic mass is 32.1. The maximum absolute atomic E-state index is 12.2. The van der Waals surface area contributed by atoms with E-state index in [0.717, 1.165) is 10.7 Å². The van der Waals surface area contributed by atoms with E-state index in [1.165, 1.54) is 23.5 Å². The Morgan fingerprint density at radius 1 is 1.26 bits per heavy atom. The first-order valence-corrected chi connectivity index (χ1v) is 6.55. The number of thiazole rings is 1. The number of aromatic nitrogens is 2. The molecule has 3 aromatic rings. The number of phenolic OH excluding ortho intramolecular Hbond substituents is 1. The molecule has 0 atom stereocenters. The van der Waals surface area contributed by atoms with Crippen molar-refractivity contribution in [1.29, 1.82) is 0 Å². The first kappa shape index (κ1) is 11.7. The third-order valence-corrected chi connectivity index (χ3v) is 3.55. The molecule has 2 aromatic heterocycles. The minimum absolute atomic E-state index is 0.0747. The maximum Gasteiger partial charge on any atom is 0.212 e. The Balaban J connectivity index is 1.93. The second kappa shape index (κ2) is 4.70. The molecule has 0 bridgehead atoms. The summed E-state index contributed by atoms with van der Waals surface area (Å²) in [6, 6.07) is 10.1. The monoisotopic (exact) mass is 270 g/mol. The highest BCUT2D eigenvalue weighted by molar-refractivity contribution is 7.13. The first-order chi connectivity index (χ1) is 9.24. The van der Waals surface area contributed by atoms with Crippen LogP contribution in [0.2, 0.25) is 0 Å². The third-order valence-electron chi connectivity index (χ3n) is 2.67. The predicted octanol–water partition coefficient (Wildman–Crippen LogP) is 3.07. The van der Waals surface area contributed by atoms with Crippen LogP contribution in [0.3, 0.4) is 0 Å². The van der Waals surface area contributed by atoms with Crippen molar-refractivity contribution in [2.24, 2.45) is 0 Å². The average molecular weight is 270 g/mol. The Bertz CT molecular complexity index is 717. The number of carbonyl (C=O) groups excluding carboxylic acids is 1. The van der Waals surface area contributed by atoms with Gasteiger partial charge in [-0.05, 0) is 24.3 Å². The summed E-state index contributed by atoms with van der Waals surface area (Å²) in [6.45, 7) is 0. The third kappa shape index (κ3) is 2.28. The topological polar surface area (TPSA) is 66.0 Å². The summed E-state index contributed by atoms with van der Waals surface area (Å²) in [7, 11) is 0. The molecule has 0 saturated carbocycles. The molecule has 1 aromatic carbocycles. The highest BCUT2D eigenvalue weighted by Crippen LogP contribution is 2.23. The number of phenols is 1. The standard InChI is InChI=1S/C14H10N2O2S/c17-10-4-1-3-9(7-10)13(18)12-8-19-14(16-12)11-5-2-6-15-11/h1-8,15,17H. The van der Waals surface area contributed by atoms with E-state index in [2.05, 4.69) is 9.97 Å². The Kier molecular flexibility index (Phi) is 2.89. The second-order valence-corrected chi connectivity index (χ2v) is 4.86. The molecule has 5 heteroatoms. The number of nitrogens with one attached hydrogen (secondary N) is 1. The van der Waals surface area contributed by atoms with E-state index in [9.17, 15) is 9.90 Å². The SMILES string of the molecule is O=C(c1cccc(O)c1)c1csc(-c2ccc[nH]2)n1. The number of carbonyl (C=O) groups is 1. The molecule has 0 aliphatic rings. The fourth-order valence-electron chi connectivity index (χ4n) is 1.76. The number of ketones is 1. The van der Waals surface area contributed by atoms with Gasteiger partial charge in [0.2, 0.25) is 5.78 Å². The van der Waals surface area contributed by atoms with Crippen molar-refractivity contribution < 1.29 is 9.90 Å². The normalized spacial score (nSPS) is 10.5. The molecule has 2 N–H and O–H groups in total. The van der Waals surface area contributed by atoms with Crippen molar-refractivity contribution in [3.8, 4) is 16.5 Å². The lowest BCUT2D eigenvalue weighted by Gasteiger charge is -1.98. The summed E-state index contributed by atoms with van der Waals surface area (Å²) in [5.41, 5.74) is 1.71. The van der Waals surface area contributed by atoms with E-state index in [4.69, 9.17) is 0 Å². The Morgan fingerprint density at radius 3 is 2.89 bits per heavy atom. The van der Waals surface area contributed by atoms with E-state index in [-0.39, 0.29) is 11.5 Å². The van der Waals surface area contributed by atoms with Crippen LogP contribution < -0.4 is 0 Å². The predicted molar refractivity (Wildman–Crippen MR) is 73.4 cm³/mol. The Labute approximate surface area is 113 Å². The van der Waals surface area contributed by atoms with Crippen LogP contribution in [0.25, 0.3) is 10.7 Å². The van der Waals surface area contributed by atoms with Gasteiger partial charge in [0.1, 0.15) is 16.5 Å². The van der Waals surface area contributed by atoms with E-state index in [0.29, 0.717) is 11.3 Å². The molecule has 0 radical (unpaired) electrons. The fourth-order valence-corrected chi connectivity index (χ4v) is 2.55. The fraction of sp³-hybridized carbons (Fsp3) is 0. The summed E-state index contributed by atoms with van der Waals surface area (Å²) < 4.78 is 0. The summed E-state index contributed by atoms with van der Waals surface area (Å²) >= 11 is 1.41. The summed E-state index contributed by atoms with van der Waals surface area (Å²) in [5, 5.41) is 11.9. The highest BCUT2D eigenvalue weighted by Gasteiger charge is 2.14. The van der Waals surface area contributed by atoms with Crippen LogP contribution in [0.4, 0.5) is 0 Å². The number of rotatable bonds is 3. The van der Waals surface area contributed by atoms with Gasteiger partial charge in [-0.25, -0.2) is 4.98 Å². The zero-order valence-corrected chi connectivity index (χ0v) is 10.6. The molecule has 0 saturated heterocycles. The number of aromatic hydroxyl groups is 1. The number of aromatic amines is 1. The minimum atomic E-state index is -0.190. The molecule has 19 heavy (non-hydrogen) atoms. The Hall–Kier alpha value is -2.40. The molecular formula is C14H10N2O2S. The van der Waals surface area contributed by atoms with Gasteiger partial charge < -0.3 is 10.1 Å². The van der Waals surface area contributed by atoms with Gasteiger partial charge in [-0.15, -0.1) is 11.3 Å². The largest absolute Gasteiger partial charge is 0.508 e. The number of H-pyrrole nitrogens is 1. The van der Waals surface area contributed by atoms with E-state index in [1.807, 2.05) is 18.3 Å².